The summed E-state index contributed by atoms with van der Waals surface area (Å²) in [6, 6.07) is 8.66. The van der Waals surface area contributed by atoms with Crippen LogP contribution in [-0.2, 0) is 10.0 Å². The van der Waals surface area contributed by atoms with Crippen LogP contribution in [0.15, 0.2) is 41.4 Å². The van der Waals surface area contributed by atoms with Gasteiger partial charge in [-0.25, -0.2) is 13.4 Å². The molecule has 0 unspecified atom stereocenters. The van der Waals surface area contributed by atoms with Gasteiger partial charge in [0.05, 0.1) is 22.3 Å². The van der Waals surface area contributed by atoms with Crippen molar-refractivity contribution in [2.75, 3.05) is 4.72 Å². The molecule has 0 aliphatic rings. The molecule has 0 atom stereocenters. The van der Waals surface area contributed by atoms with Gasteiger partial charge in [-0.05, 0) is 30.3 Å². The van der Waals surface area contributed by atoms with Crippen molar-refractivity contribution in [3.05, 3.63) is 52.3 Å². The second-order valence-corrected chi connectivity index (χ2v) is 6.18. The quantitative estimate of drug-likeness (QED) is 0.878. The van der Waals surface area contributed by atoms with Gasteiger partial charge < -0.3 is 0 Å². The monoisotopic (exact) mass is 327 g/mol. The number of nitrogens with one attached hydrogen (secondary N) is 1. The number of sulfonamides is 1. The summed E-state index contributed by atoms with van der Waals surface area (Å²) in [4.78, 5) is 3.57. The topological polar surface area (TPSA) is 82.8 Å². The second-order valence-electron chi connectivity index (χ2n) is 3.73. The molecule has 2 rings (SSSR count). The summed E-state index contributed by atoms with van der Waals surface area (Å²) >= 11 is 11.6. The molecular formula is C12H7Cl2N3O2S. The third kappa shape index (κ3) is 3.20. The van der Waals surface area contributed by atoms with E-state index in [4.69, 9.17) is 28.5 Å². The maximum atomic E-state index is 12.2. The first-order valence-electron chi connectivity index (χ1n) is 5.26. The average molecular weight is 328 g/mol. The van der Waals surface area contributed by atoms with Crippen molar-refractivity contribution in [3.63, 3.8) is 0 Å². The fourth-order valence-electron chi connectivity index (χ4n) is 1.45. The minimum atomic E-state index is -3.91. The number of nitriles is 1. The van der Waals surface area contributed by atoms with E-state index in [1.54, 1.807) is 0 Å². The number of rotatable bonds is 3. The molecule has 20 heavy (non-hydrogen) atoms. The van der Waals surface area contributed by atoms with Crippen molar-refractivity contribution >= 4 is 38.9 Å². The minimum Gasteiger partial charge on any atom is -0.279 e. The molecule has 1 N–H and O–H groups in total. The molecule has 8 heteroatoms. The Kier molecular flexibility index (Phi) is 4.14. The zero-order chi connectivity index (χ0) is 14.8. The molecular weight excluding hydrogens is 321 g/mol. The highest BCUT2D eigenvalue weighted by molar-refractivity contribution is 7.92. The van der Waals surface area contributed by atoms with Gasteiger partial charge in [-0.2, -0.15) is 5.26 Å². The molecule has 1 heterocycles. The molecule has 0 saturated carbocycles. The SMILES string of the molecule is N#Cc1ccc(Cl)c(S(=O)(=O)Nc2ccnc(Cl)c2)c1. The number of aromatic nitrogens is 1. The van der Waals surface area contributed by atoms with Gasteiger partial charge in [-0.3, -0.25) is 4.72 Å². The fraction of sp³-hybridized carbons (Fsp3) is 0. The van der Waals surface area contributed by atoms with Crippen LogP contribution in [0.4, 0.5) is 5.69 Å². The Labute approximate surface area is 125 Å². The maximum absolute atomic E-state index is 12.2. The second kappa shape index (κ2) is 5.67. The molecule has 0 amide bonds. The maximum Gasteiger partial charge on any atom is 0.263 e. The van der Waals surface area contributed by atoms with E-state index in [0.29, 0.717) is 0 Å². The molecule has 0 saturated heterocycles. The van der Waals surface area contributed by atoms with Gasteiger partial charge in [0.25, 0.3) is 10.0 Å². The van der Waals surface area contributed by atoms with Gasteiger partial charge in [0.1, 0.15) is 10.0 Å². The molecule has 2 aromatic rings. The Morgan fingerprint density at radius 2 is 1.95 bits per heavy atom. The van der Waals surface area contributed by atoms with Gasteiger partial charge in [-0.15, -0.1) is 0 Å². The molecule has 0 fully saturated rings. The van der Waals surface area contributed by atoms with Crippen LogP contribution in [0.5, 0.6) is 0 Å². The minimum absolute atomic E-state index is 0.0247. The molecule has 0 spiro atoms. The third-order valence-electron chi connectivity index (χ3n) is 2.33. The largest absolute Gasteiger partial charge is 0.279 e. The number of hydrogen-bond acceptors (Lipinski definition) is 4. The summed E-state index contributed by atoms with van der Waals surface area (Å²) in [5, 5.41) is 8.99. The highest BCUT2D eigenvalue weighted by Crippen LogP contribution is 2.25. The van der Waals surface area contributed by atoms with Crippen LogP contribution in [0.2, 0.25) is 10.2 Å². The Morgan fingerprint density at radius 3 is 2.60 bits per heavy atom. The number of anilines is 1. The van der Waals surface area contributed by atoms with Crippen molar-refractivity contribution in [2.45, 2.75) is 4.90 Å². The van der Waals surface area contributed by atoms with Gasteiger partial charge in [-0.1, -0.05) is 23.2 Å². The van der Waals surface area contributed by atoms with Crippen molar-refractivity contribution in [1.82, 2.24) is 4.98 Å². The first kappa shape index (κ1) is 14.6. The molecule has 0 bridgehead atoms. The van der Waals surface area contributed by atoms with Crippen LogP contribution < -0.4 is 4.72 Å². The van der Waals surface area contributed by atoms with E-state index in [9.17, 15) is 8.42 Å². The molecule has 5 nitrogen and oxygen atoms in total. The third-order valence-corrected chi connectivity index (χ3v) is 4.40. The lowest BCUT2D eigenvalue weighted by Gasteiger charge is -2.09. The van der Waals surface area contributed by atoms with E-state index in [2.05, 4.69) is 9.71 Å². The van der Waals surface area contributed by atoms with Crippen molar-refractivity contribution in [2.24, 2.45) is 0 Å². The highest BCUT2D eigenvalue weighted by atomic mass is 35.5. The predicted molar refractivity (Wildman–Crippen MR) is 76.2 cm³/mol. The van der Waals surface area contributed by atoms with E-state index in [0.717, 1.165) is 0 Å². The van der Waals surface area contributed by atoms with Crippen LogP contribution in [0.1, 0.15) is 5.56 Å². The van der Waals surface area contributed by atoms with Crippen molar-refractivity contribution in [3.8, 4) is 6.07 Å². The summed E-state index contributed by atoms with van der Waals surface area (Å²) < 4.78 is 26.8. The van der Waals surface area contributed by atoms with Crippen molar-refractivity contribution in [1.29, 1.82) is 5.26 Å². The van der Waals surface area contributed by atoms with Crippen LogP contribution in [0.25, 0.3) is 0 Å². The predicted octanol–water partition coefficient (Wildman–Crippen LogP) is 3.06. The van der Waals surface area contributed by atoms with Crippen LogP contribution in [0, 0.1) is 11.3 Å². The molecule has 0 radical (unpaired) electrons. The first-order valence-corrected chi connectivity index (χ1v) is 7.50. The van der Waals surface area contributed by atoms with E-state index >= 15 is 0 Å². The van der Waals surface area contributed by atoms with Crippen LogP contribution in [0.3, 0.4) is 0 Å². The summed E-state index contributed by atoms with van der Waals surface area (Å²) in [5.41, 5.74) is 0.450. The summed E-state index contributed by atoms with van der Waals surface area (Å²) in [6.07, 6.45) is 1.37. The van der Waals surface area contributed by atoms with Gasteiger partial charge >= 0.3 is 0 Å². The number of benzene rings is 1. The summed E-state index contributed by atoms with van der Waals surface area (Å²) in [5.74, 6) is 0. The van der Waals surface area contributed by atoms with E-state index in [-0.39, 0.29) is 26.3 Å². The van der Waals surface area contributed by atoms with Crippen molar-refractivity contribution < 1.29 is 8.42 Å². The average Bonchev–Trinajstić information content (AvgIpc) is 2.38. The normalized spacial score (nSPS) is 10.8. The van der Waals surface area contributed by atoms with Crippen LogP contribution >= 0.6 is 23.2 Å². The fourth-order valence-corrected chi connectivity index (χ4v) is 3.21. The van der Waals surface area contributed by atoms with E-state index in [1.165, 1.54) is 36.5 Å². The number of halogens is 2. The smallest absolute Gasteiger partial charge is 0.263 e. The summed E-state index contributed by atoms with van der Waals surface area (Å²) in [6.45, 7) is 0. The van der Waals surface area contributed by atoms with Gasteiger partial charge in [0.2, 0.25) is 0 Å². The lowest BCUT2D eigenvalue weighted by Crippen LogP contribution is -2.13. The lowest BCUT2D eigenvalue weighted by molar-refractivity contribution is 0.601. The van der Waals surface area contributed by atoms with E-state index < -0.39 is 10.0 Å². The zero-order valence-electron chi connectivity index (χ0n) is 9.84. The molecule has 1 aromatic carbocycles. The Bertz CT molecular complexity index is 801. The van der Waals surface area contributed by atoms with Gasteiger partial charge in [0.15, 0.2) is 0 Å². The van der Waals surface area contributed by atoms with Gasteiger partial charge in [0, 0.05) is 6.20 Å². The standard InChI is InChI=1S/C12H7Cl2N3O2S/c13-10-2-1-8(7-15)5-11(10)20(18,19)17-9-3-4-16-12(14)6-9/h1-6H,(H,16,17). The number of hydrogen-bond donors (Lipinski definition) is 1. The number of pyridine rings is 1. The zero-order valence-corrected chi connectivity index (χ0v) is 12.2. The first-order chi connectivity index (χ1) is 9.42. The highest BCUT2D eigenvalue weighted by Gasteiger charge is 2.19. The van der Waals surface area contributed by atoms with E-state index in [1.807, 2.05) is 6.07 Å². The Morgan fingerprint density at radius 1 is 1.20 bits per heavy atom. The number of nitrogens with zero attached hydrogens (tertiary/aromatic N) is 2. The van der Waals surface area contributed by atoms with Crippen LogP contribution in [-0.4, -0.2) is 13.4 Å². The summed E-state index contributed by atoms with van der Waals surface area (Å²) in [7, 11) is -3.91. The molecule has 1 aromatic heterocycles. The Hall–Kier alpha value is -1.81. The molecule has 0 aliphatic carbocycles. The molecule has 0 aliphatic heterocycles. The Balaban J connectivity index is 2.43. The lowest BCUT2D eigenvalue weighted by atomic mass is 10.2. The molecule has 102 valence electrons.